The molecule has 0 saturated carbocycles. The minimum atomic E-state index is -2.44. The highest BCUT2D eigenvalue weighted by Gasteiger charge is 2.14. The van der Waals surface area contributed by atoms with Crippen LogP contribution in [0.15, 0.2) is 12.1 Å². The first-order chi connectivity index (χ1) is 9.45. The molecular weight excluding hydrogens is 267 g/mol. The van der Waals surface area contributed by atoms with E-state index in [9.17, 15) is 13.2 Å². The van der Waals surface area contributed by atoms with Gasteiger partial charge in [-0.2, -0.15) is 0 Å². The van der Waals surface area contributed by atoms with Gasteiger partial charge < -0.3 is 10.1 Å². The predicted molar refractivity (Wildman–Crippen MR) is 73.7 cm³/mol. The molecule has 0 aliphatic carbocycles. The second kappa shape index (κ2) is 8.27. The van der Waals surface area contributed by atoms with Crippen LogP contribution in [0.5, 0.6) is 0 Å². The fraction of sp³-hybridized carbons (Fsp3) is 0.600. The van der Waals surface area contributed by atoms with Crippen molar-refractivity contribution in [3.05, 3.63) is 34.6 Å². The maximum atomic E-state index is 13.6. The van der Waals surface area contributed by atoms with Crippen molar-refractivity contribution >= 4 is 0 Å². The number of rotatable bonds is 8. The molecule has 114 valence electrons. The summed E-state index contributed by atoms with van der Waals surface area (Å²) < 4.78 is 42.5. The lowest BCUT2D eigenvalue weighted by Gasteiger charge is -2.20. The van der Waals surface area contributed by atoms with E-state index in [1.54, 1.807) is 26.0 Å². The normalized spacial score (nSPS) is 12.9. The molecule has 1 unspecified atom stereocenters. The molecule has 0 radical (unpaired) electrons. The average Bonchev–Trinajstić information content (AvgIpc) is 2.38. The molecular formula is C15H22F3NO. The van der Waals surface area contributed by atoms with Crippen LogP contribution in [0.1, 0.15) is 36.1 Å². The van der Waals surface area contributed by atoms with E-state index < -0.39 is 13.0 Å². The van der Waals surface area contributed by atoms with Crippen LogP contribution >= 0.6 is 0 Å². The van der Waals surface area contributed by atoms with Gasteiger partial charge in [-0.1, -0.05) is 19.1 Å². The topological polar surface area (TPSA) is 21.3 Å². The summed E-state index contributed by atoms with van der Waals surface area (Å²) in [5.74, 6) is -0.196. The van der Waals surface area contributed by atoms with Gasteiger partial charge in [0.2, 0.25) is 0 Å². The van der Waals surface area contributed by atoms with E-state index in [1.807, 2.05) is 6.92 Å². The number of hydrogen-bond acceptors (Lipinski definition) is 2. The third kappa shape index (κ3) is 5.13. The van der Waals surface area contributed by atoms with Gasteiger partial charge in [-0.15, -0.1) is 0 Å². The Morgan fingerprint density at radius 2 is 1.80 bits per heavy atom. The Labute approximate surface area is 118 Å². The largest absolute Gasteiger partial charge is 0.375 e. The van der Waals surface area contributed by atoms with Crippen molar-refractivity contribution in [1.29, 1.82) is 0 Å². The molecule has 1 aromatic carbocycles. The molecule has 0 heterocycles. The van der Waals surface area contributed by atoms with Crippen LogP contribution in [0.2, 0.25) is 0 Å². The second-order valence-electron chi connectivity index (χ2n) is 4.83. The van der Waals surface area contributed by atoms with Gasteiger partial charge in [0.15, 0.2) is 0 Å². The number of aryl methyl sites for hydroxylation is 2. The van der Waals surface area contributed by atoms with E-state index >= 15 is 0 Å². The number of alkyl halides is 2. The lowest BCUT2D eigenvalue weighted by Crippen LogP contribution is -2.23. The van der Waals surface area contributed by atoms with Crippen LogP contribution in [0.25, 0.3) is 0 Å². The third-order valence-electron chi connectivity index (χ3n) is 3.11. The van der Waals surface area contributed by atoms with Gasteiger partial charge in [0.05, 0.1) is 0 Å². The van der Waals surface area contributed by atoms with Crippen molar-refractivity contribution in [1.82, 2.24) is 5.32 Å². The van der Waals surface area contributed by atoms with Gasteiger partial charge in [0.25, 0.3) is 6.43 Å². The second-order valence-corrected chi connectivity index (χ2v) is 4.83. The summed E-state index contributed by atoms with van der Waals surface area (Å²) in [6.07, 6.45) is -1.87. The molecule has 0 aromatic heterocycles. The van der Waals surface area contributed by atoms with Crippen LogP contribution < -0.4 is 5.32 Å². The van der Waals surface area contributed by atoms with Gasteiger partial charge in [-0.05, 0) is 43.5 Å². The van der Waals surface area contributed by atoms with Gasteiger partial charge in [0.1, 0.15) is 12.4 Å². The minimum Gasteiger partial charge on any atom is -0.375 e. The first-order valence-corrected chi connectivity index (χ1v) is 6.81. The summed E-state index contributed by atoms with van der Waals surface area (Å²) in [6.45, 7) is 5.87. The van der Waals surface area contributed by atoms with Crippen LogP contribution in [0.4, 0.5) is 13.2 Å². The van der Waals surface area contributed by atoms with E-state index in [2.05, 4.69) is 5.32 Å². The van der Waals surface area contributed by atoms with Crippen molar-refractivity contribution < 1.29 is 17.9 Å². The van der Waals surface area contributed by atoms with Crippen molar-refractivity contribution in [3.8, 4) is 0 Å². The van der Waals surface area contributed by atoms with Crippen LogP contribution in [-0.2, 0) is 4.74 Å². The standard InChI is InChI=1S/C15H22F3NO/c1-4-19-13(5-6-20-9-14(16)17)12-7-10(2)15(18)11(3)8-12/h7-8,13-14,19H,4-6,9H2,1-3H3. The molecule has 0 fully saturated rings. The highest BCUT2D eigenvalue weighted by molar-refractivity contribution is 5.32. The molecule has 0 aliphatic rings. The zero-order chi connectivity index (χ0) is 15.1. The Morgan fingerprint density at radius 3 is 2.30 bits per heavy atom. The van der Waals surface area contributed by atoms with E-state index in [0.717, 1.165) is 12.1 Å². The van der Waals surface area contributed by atoms with Crippen molar-refractivity contribution in [2.45, 2.75) is 39.7 Å². The molecule has 0 spiro atoms. The molecule has 1 aromatic rings. The fourth-order valence-electron chi connectivity index (χ4n) is 2.19. The highest BCUT2D eigenvalue weighted by atomic mass is 19.3. The van der Waals surface area contributed by atoms with Gasteiger partial charge in [-0.25, -0.2) is 13.2 Å². The summed E-state index contributed by atoms with van der Waals surface area (Å²) in [4.78, 5) is 0. The Hall–Kier alpha value is -1.07. The van der Waals surface area contributed by atoms with Gasteiger partial charge in [0, 0.05) is 12.6 Å². The zero-order valence-electron chi connectivity index (χ0n) is 12.2. The summed E-state index contributed by atoms with van der Waals surface area (Å²) in [7, 11) is 0. The molecule has 20 heavy (non-hydrogen) atoms. The van der Waals surface area contributed by atoms with E-state index in [-0.39, 0.29) is 18.5 Å². The van der Waals surface area contributed by atoms with Crippen LogP contribution in [-0.4, -0.2) is 26.2 Å². The van der Waals surface area contributed by atoms with Crippen LogP contribution in [0.3, 0.4) is 0 Å². The monoisotopic (exact) mass is 289 g/mol. The Bertz CT molecular complexity index is 401. The predicted octanol–water partition coefficient (Wildman–Crippen LogP) is 3.76. The summed E-state index contributed by atoms with van der Waals surface area (Å²) >= 11 is 0. The highest BCUT2D eigenvalue weighted by Crippen LogP contribution is 2.22. The summed E-state index contributed by atoms with van der Waals surface area (Å²) in [6, 6.07) is 3.57. The molecule has 2 nitrogen and oxygen atoms in total. The molecule has 0 amide bonds. The molecule has 1 atom stereocenters. The van der Waals surface area contributed by atoms with Gasteiger partial charge in [-0.3, -0.25) is 0 Å². The Morgan fingerprint density at radius 1 is 1.20 bits per heavy atom. The number of halogens is 3. The lowest BCUT2D eigenvalue weighted by atomic mass is 9.98. The first kappa shape index (κ1) is 17.0. The van der Waals surface area contributed by atoms with Crippen molar-refractivity contribution in [2.75, 3.05) is 19.8 Å². The maximum absolute atomic E-state index is 13.6. The molecule has 1 rings (SSSR count). The van der Waals surface area contributed by atoms with Crippen molar-refractivity contribution in [2.24, 2.45) is 0 Å². The molecule has 1 N–H and O–H groups in total. The smallest absolute Gasteiger partial charge is 0.261 e. The molecule has 0 bridgehead atoms. The van der Waals surface area contributed by atoms with E-state index in [1.165, 1.54) is 0 Å². The Balaban J connectivity index is 2.70. The minimum absolute atomic E-state index is 0.0179. The maximum Gasteiger partial charge on any atom is 0.261 e. The lowest BCUT2D eigenvalue weighted by molar-refractivity contribution is 0.0144. The quantitative estimate of drug-likeness (QED) is 0.736. The molecule has 5 heteroatoms. The van der Waals surface area contributed by atoms with E-state index in [4.69, 9.17) is 4.74 Å². The Kier molecular flexibility index (Phi) is 7.02. The average molecular weight is 289 g/mol. The molecule has 0 aliphatic heterocycles. The number of hydrogen-bond donors (Lipinski definition) is 1. The summed E-state index contributed by atoms with van der Waals surface area (Å²) in [5.41, 5.74) is 2.15. The first-order valence-electron chi connectivity index (χ1n) is 6.81. The zero-order valence-corrected chi connectivity index (χ0v) is 12.2. The summed E-state index contributed by atoms with van der Waals surface area (Å²) in [5, 5.41) is 3.27. The van der Waals surface area contributed by atoms with Gasteiger partial charge >= 0.3 is 0 Å². The number of nitrogens with one attached hydrogen (secondary N) is 1. The van der Waals surface area contributed by atoms with Crippen LogP contribution in [0, 0.1) is 19.7 Å². The fourth-order valence-corrected chi connectivity index (χ4v) is 2.19. The SMILES string of the molecule is CCNC(CCOCC(F)F)c1cc(C)c(F)c(C)c1. The van der Waals surface area contributed by atoms with Crippen molar-refractivity contribution in [3.63, 3.8) is 0 Å². The number of ether oxygens (including phenoxy) is 1. The third-order valence-corrected chi connectivity index (χ3v) is 3.11. The number of benzene rings is 1. The van der Waals surface area contributed by atoms with E-state index in [0.29, 0.717) is 17.5 Å². The molecule has 0 saturated heterocycles.